The molecular weight excluding hydrogens is 522 g/mol. The molecule has 0 spiro atoms. The van der Waals surface area contributed by atoms with Crippen molar-refractivity contribution >= 4 is 20.9 Å². The van der Waals surface area contributed by atoms with E-state index in [1.165, 1.54) is 35.9 Å². The summed E-state index contributed by atoms with van der Waals surface area (Å²) in [5.74, 6) is -0.500. The lowest BCUT2D eigenvalue weighted by Gasteiger charge is -2.11. The summed E-state index contributed by atoms with van der Waals surface area (Å²) < 4.78 is 80.3. The number of aryl methyl sites for hydroxylation is 1. The lowest BCUT2D eigenvalue weighted by molar-refractivity contribution is -0.141. The fourth-order valence-corrected chi connectivity index (χ4v) is 5.03. The minimum atomic E-state index is -4.65. The lowest BCUT2D eigenvalue weighted by atomic mass is 10.1. The molecule has 0 aliphatic rings. The van der Waals surface area contributed by atoms with Crippen LogP contribution in [0.15, 0.2) is 72.0 Å². The number of nitrogens with zero attached hydrogens (tertiary/aromatic N) is 5. The van der Waals surface area contributed by atoms with E-state index in [1.807, 2.05) is 0 Å². The van der Waals surface area contributed by atoms with Gasteiger partial charge in [-0.2, -0.15) is 13.2 Å². The van der Waals surface area contributed by atoms with Crippen molar-refractivity contribution in [1.82, 2.24) is 24.5 Å². The van der Waals surface area contributed by atoms with Gasteiger partial charge in [-0.25, -0.2) is 22.8 Å². The number of pyridine rings is 3. The van der Waals surface area contributed by atoms with Crippen LogP contribution in [0, 0.1) is 5.82 Å². The van der Waals surface area contributed by atoms with Crippen molar-refractivity contribution in [3.63, 3.8) is 0 Å². The molecule has 0 N–H and O–H groups in total. The van der Waals surface area contributed by atoms with Gasteiger partial charge >= 0.3 is 6.18 Å². The van der Waals surface area contributed by atoms with Crippen molar-refractivity contribution in [2.45, 2.75) is 18.0 Å². The molecule has 12 heteroatoms. The summed E-state index contributed by atoms with van der Waals surface area (Å²) in [6.07, 6.45) is -0.595. The largest absolute Gasteiger partial charge is 0.433 e. The summed E-state index contributed by atoms with van der Waals surface area (Å²) in [7, 11) is -2.26. The molecule has 0 unspecified atom stereocenters. The number of fused-ring (bicyclic) bond motifs is 1. The van der Waals surface area contributed by atoms with Crippen molar-refractivity contribution < 1.29 is 26.0 Å². The van der Waals surface area contributed by atoms with Gasteiger partial charge in [0.15, 0.2) is 15.7 Å². The fraction of sp³-hybridized carbons (Fsp3) is 0.154. The first-order valence-corrected chi connectivity index (χ1v) is 13.0. The number of hydrogen-bond donors (Lipinski definition) is 0. The first-order valence-electron chi connectivity index (χ1n) is 11.3. The second-order valence-corrected chi connectivity index (χ2v) is 10.7. The number of rotatable bonds is 5. The Balaban J connectivity index is 1.60. The van der Waals surface area contributed by atoms with Gasteiger partial charge in [-0.3, -0.25) is 9.97 Å². The molecule has 38 heavy (non-hydrogen) atoms. The number of alkyl halides is 3. The molecule has 0 saturated carbocycles. The summed E-state index contributed by atoms with van der Waals surface area (Å²) in [6.45, 7) is 1.49. The average Bonchev–Trinajstić information content (AvgIpc) is 3.24. The molecule has 0 radical (unpaired) electrons. The van der Waals surface area contributed by atoms with Gasteiger partial charge in [-0.05, 0) is 42.5 Å². The molecule has 7 nitrogen and oxygen atoms in total. The first-order chi connectivity index (χ1) is 18.0. The quantitative estimate of drug-likeness (QED) is 0.265. The normalized spacial score (nSPS) is 12.3. The highest BCUT2D eigenvalue weighted by molar-refractivity contribution is 7.91. The fourth-order valence-electron chi connectivity index (χ4n) is 3.97. The van der Waals surface area contributed by atoms with E-state index in [1.54, 1.807) is 37.5 Å². The van der Waals surface area contributed by atoms with E-state index in [4.69, 9.17) is 0 Å². The number of halogens is 4. The molecule has 1 aromatic carbocycles. The zero-order chi connectivity index (χ0) is 27.2. The maximum absolute atomic E-state index is 13.2. The number of aromatic nitrogens is 5. The summed E-state index contributed by atoms with van der Waals surface area (Å²) >= 11 is 0. The molecule has 0 atom stereocenters. The number of imidazole rings is 1. The predicted octanol–water partition coefficient (Wildman–Crippen LogP) is 5.71. The lowest BCUT2D eigenvalue weighted by Crippen LogP contribution is -2.09. The van der Waals surface area contributed by atoms with E-state index in [0.717, 1.165) is 12.3 Å². The Morgan fingerprint density at radius 2 is 1.55 bits per heavy atom. The molecule has 5 aromatic rings. The standard InChI is InChI=1S/C26H19F4N5O2S/c1-3-38(36,37)22-10-17(16-6-9-19(31-12-16)15-4-7-18(27)8-5-15)13-33-24(22)25-34-20-11-23(26(28,29)30)32-14-21(20)35(25)2/h4-14H,3H2,1-2H3. The Hall–Kier alpha value is -4.19. The Labute approximate surface area is 214 Å². The second kappa shape index (κ2) is 9.28. The van der Waals surface area contributed by atoms with Crippen LogP contribution in [0.25, 0.3) is 44.9 Å². The van der Waals surface area contributed by atoms with Crippen molar-refractivity contribution in [2.75, 3.05) is 5.75 Å². The van der Waals surface area contributed by atoms with Gasteiger partial charge in [0.1, 0.15) is 17.2 Å². The van der Waals surface area contributed by atoms with Gasteiger partial charge in [-0.1, -0.05) is 13.0 Å². The van der Waals surface area contributed by atoms with E-state index < -0.39 is 21.7 Å². The SMILES string of the molecule is CCS(=O)(=O)c1cc(-c2ccc(-c3ccc(F)cc3)nc2)cnc1-c1nc2cc(C(F)(F)F)ncc2n1C. The molecule has 194 valence electrons. The molecule has 0 fully saturated rings. The molecule has 0 saturated heterocycles. The van der Waals surface area contributed by atoms with Crippen LogP contribution in [0.5, 0.6) is 0 Å². The minimum Gasteiger partial charge on any atom is -0.324 e. The van der Waals surface area contributed by atoms with E-state index in [0.29, 0.717) is 27.9 Å². The summed E-state index contributed by atoms with van der Waals surface area (Å²) in [4.78, 5) is 16.4. The van der Waals surface area contributed by atoms with E-state index in [9.17, 15) is 26.0 Å². The third-order valence-corrected chi connectivity index (χ3v) is 7.82. The molecule has 0 aliphatic heterocycles. The van der Waals surface area contributed by atoms with Crippen LogP contribution in [-0.4, -0.2) is 38.7 Å². The van der Waals surface area contributed by atoms with E-state index in [2.05, 4.69) is 19.9 Å². The third kappa shape index (κ3) is 4.62. The van der Waals surface area contributed by atoms with Crippen LogP contribution in [0.4, 0.5) is 17.6 Å². The monoisotopic (exact) mass is 541 g/mol. The summed E-state index contributed by atoms with van der Waals surface area (Å²) in [5, 5.41) is 0. The van der Waals surface area contributed by atoms with Crippen LogP contribution in [-0.2, 0) is 23.1 Å². The summed E-state index contributed by atoms with van der Waals surface area (Å²) in [5.41, 5.74) is 1.59. The number of benzene rings is 1. The maximum Gasteiger partial charge on any atom is 0.433 e. The Bertz CT molecular complexity index is 1770. The van der Waals surface area contributed by atoms with Crippen molar-refractivity contribution in [3.05, 3.63) is 78.6 Å². The molecule has 0 amide bonds. The third-order valence-electron chi connectivity index (χ3n) is 6.07. The van der Waals surface area contributed by atoms with Crippen LogP contribution in [0.3, 0.4) is 0 Å². The van der Waals surface area contributed by atoms with Crippen molar-refractivity contribution in [1.29, 1.82) is 0 Å². The molecule has 0 aliphatic carbocycles. The number of hydrogen-bond acceptors (Lipinski definition) is 6. The molecule has 0 bridgehead atoms. The molecule has 5 rings (SSSR count). The zero-order valence-corrected chi connectivity index (χ0v) is 20.8. The van der Waals surface area contributed by atoms with Gasteiger partial charge in [-0.15, -0.1) is 0 Å². The van der Waals surface area contributed by atoms with Crippen LogP contribution >= 0.6 is 0 Å². The minimum absolute atomic E-state index is 0.0103. The molecule has 4 heterocycles. The van der Waals surface area contributed by atoms with Crippen LogP contribution in [0.1, 0.15) is 12.6 Å². The Morgan fingerprint density at radius 3 is 2.18 bits per heavy atom. The van der Waals surface area contributed by atoms with Crippen molar-refractivity contribution in [2.24, 2.45) is 7.05 Å². The van der Waals surface area contributed by atoms with Crippen molar-refractivity contribution in [3.8, 4) is 33.9 Å². The highest BCUT2D eigenvalue weighted by atomic mass is 32.2. The van der Waals surface area contributed by atoms with Gasteiger partial charge in [0.05, 0.1) is 33.6 Å². The van der Waals surface area contributed by atoms with Gasteiger partial charge in [0, 0.05) is 36.1 Å². The average molecular weight is 542 g/mol. The van der Waals surface area contributed by atoms with E-state index in [-0.39, 0.29) is 33.5 Å². The predicted molar refractivity (Wildman–Crippen MR) is 133 cm³/mol. The van der Waals surface area contributed by atoms with Crippen LogP contribution in [0.2, 0.25) is 0 Å². The van der Waals surface area contributed by atoms with E-state index >= 15 is 0 Å². The number of sulfone groups is 1. The Morgan fingerprint density at radius 1 is 0.868 bits per heavy atom. The second-order valence-electron chi connectivity index (χ2n) is 8.46. The molecule has 4 aromatic heterocycles. The van der Waals surface area contributed by atoms with Gasteiger partial charge < -0.3 is 4.57 Å². The van der Waals surface area contributed by atoms with Gasteiger partial charge in [0.25, 0.3) is 0 Å². The van der Waals surface area contributed by atoms with Gasteiger partial charge in [0.2, 0.25) is 0 Å². The zero-order valence-electron chi connectivity index (χ0n) is 20.0. The van der Waals surface area contributed by atoms with Crippen LogP contribution < -0.4 is 0 Å². The molecular formula is C26H19F4N5O2S. The smallest absolute Gasteiger partial charge is 0.324 e. The topological polar surface area (TPSA) is 90.6 Å². The maximum atomic E-state index is 13.2. The Kier molecular flexibility index (Phi) is 6.22. The summed E-state index contributed by atoms with van der Waals surface area (Å²) in [6, 6.07) is 11.6. The highest BCUT2D eigenvalue weighted by Gasteiger charge is 2.33. The first kappa shape index (κ1) is 25.5. The highest BCUT2D eigenvalue weighted by Crippen LogP contribution is 2.34.